The standard InChI is InChI=1S/C47H35BN2OS/c1-28-25-34-31-16-12-20-42-45(31)50(37-17-9-11-19-41(37)52-42)48-35-22-24-40-43(32-15-8-10-18-39(32)51-40)46(35)49(38(26-28)44(34)48)36-23-21-30(47(2,3)4)27-33(36)29-13-6-5-7-14-29/h5-27H,1-4H3. The van der Waals surface area contributed by atoms with Gasteiger partial charge < -0.3 is 14.1 Å². The average molecular weight is 687 g/mol. The summed E-state index contributed by atoms with van der Waals surface area (Å²) in [6.45, 7) is 9.11. The molecule has 0 bridgehead atoms. The minimum atomic E-state index is -0.0420. The summed E-state index contributed by atoms with van der Waals surface area (Å²) in [5.41, 5.74) is 18.1. The molecule has 5 heteroatoms. The SMILES string of the molecule is Cc1cc2c3c(c1)N(c1ccc(C(C)(C)C)cc1-c1ccccc1)c1c(ccc4oc5ccccc5c14)B3N1c3ccccc3Sc3cccc-2c31. The Hall–Kier alpha value is -5.65. The molecule has 8 aromatic rings. The van der Waals surface area contributed by atoms with E-state index in [2.05, 4.69) is 177 Å². The molecule has 0 aliphatic carbocycles. The van der Waals surface area contributed by atoms with Gasteiger partial charge in [-0.1, -0.05) is 124 Å². The molecule has 0 N–H and O–H groups in total. The minimum absolute atomic E-state index is 0.00935. The second kappa shape index (κ2) is 10.7. The minimum Gasteiger partial charge on any atom is -0.456 e. The van der Waals surface area contributed by atoms with Gasteiger partial charge in [0.15, 0.2) is 0 Å². The Kier molecular flexibility index (Phi) is 6.17. The molecule has 11 rings (SSSR count). The highest BCUT2D eigenvalue weighted by atomic mass is 32.2. The normalized spacial score (nSPS) is 14.0. The van der Waals surface area contributed by atoms with Crippen LogP contribution in [0.1, 0.15) is 31.9 Å². The number of anilines is 5. The molecule has 7 aromatic carbocycles. The lowest BCUT2D eigenvalue weighted by atomic mass is 9.43. The highest BCUT2D eigenvalue weighted by molar-refractivity contribution is 7.99. The molecule has 52 heavy (non-hydrogen) atoms. The number of benzene rings is 7. The molecule has 0 spiro atoms. The van der Waals surface area contributed by atoms with E-state index < -0.39 is 0 Å². The van der Waals surface area contributed by atoms with Crippen molar-refractivity contribution in [1.82, 2.24) is 0 Å². The molecule has 0 atom stereocenters. The van der Waals surface area contributed by atoms with Crippen molar-refractivity contribution in [2.45, 2.75) is 42.9 Å². The highest BCUT2D eigenvalue weighted by Gasteiger charge is 2.48. The predicted molar refractivity (Wildman–Crippen MR) is 220 cm³/mol. The number of nitrogens with zero attached hydrogens (tertiary/aromatic N) is 2. The van der Waals surface area contributed by atoms with Gasteiger partial charge in [0.2, 0.25) is 0 Å². The molecule has 0 unspecified atom stereocenters. The van der Waals surface area contributed by atoms with Crippen molar-refractivity contribution in [1.29, 1.82) is 0 Å². The first-order chi connectivity index (χ1) is 25.3. The number of hydrogen-bond donors (Lipinski definition) is 0. The van der Waals surface area contributed by atoms with E-state index in [4.69, 9.17) is 4.42 Å². The molecule has 3 nitrogen and oxygen atoms in total. The second-order valence-electron chi connectivity index (χ2n) is 15.4. The molecule has 0 amide bonds. The van der Waals surface area contributed by atoms with Crippen LogP contribution >= 0.6 is 11.8 Å². The van der Waals surface area contributed by atoms with E-state index in [9.17, 15) is 0 Å². The molecule has 4 heterocycles. The van der Waals surface area contributed by atoms with Crippen molar-refractivity contribution in [3.63, 3.8) is 0 Å². The van der Waals surface area contributed by atoms with Gasteiger partial charge in [0.05, 0.1) is 22.4 Å². The zero-order valence-electron chi connectivity index (χ0n) is 29.6. The zero-order chi connectivity index (χ0) is 34.9. The van der Waals surface area contributed by atoms with Crippen molar-refractivity contribution in [2.75, 3.05) is 9.71 Å². The van der Waals surface area contributed by atoms with Crippen molar-refractivity contribution in [3.8, 4) is 22.3 Å². The zero-order valence-corrected chi connectivity index (χ0v) is 30.4. The number of aryl methyl sites for hydroxylation is 1. The first kappa shape index (κ1) is 30.0. The van der Waals surface area contributed by atoms with Crippen LogP contribution in [0.15, 0.2) is 154 Å². The lowest BCUT2D eigenvalue weighted by Gasteiger charge is -2.48. The predicted octanol–water partition coefficient (Wildman–Crippen LogP) is 12.0. The van der Waals surface area contributed by atoms with Crippen LogP contribution < -0.4 is 20.6 Å². The van der Waals surface area contributed by atoms with Gasteiger partial charge in [-0.25, -0.2) is 0 Å². The van der Waals surface area contributed by atoms with E-state index in [-0.39, 0.29) is 12.3 Å². The molecule has 248 valence electrons. The van der Waals surface area contributed by atoms with Gasteiger partial charge in [-0.2, -0.15) is 0 Å². The third kappa shape index (κ3) is 4.11. The van der Waals surface area contributed by atoms with Gasteiger partial charge in [0, 0.05) is 37.7 Å². The summed E-state index contributed by atoms with van der Waals surface area (Å²) in [6.07, 6.45) is 0. The summed E-state index contributed by atoms with van der Waals surface area (Å²) in [4.78, 5) is 7.80. The van der Waals surface area contributed by atoms with Crippen LogP contribution in [0.5, 0.6) is 0 Å². The van der Waals surface area contributed by atoms with Gasteiger partial charge in [0.25, 0.3) is 0 Å². The fourth-order valence-electron chi connectivity index (χ4n) is 8.91. The Balaban J connectivity index is 1.32. The average Bonchev–Trinajstić information content (AvgIpc) is 3.54. The van der Waals surface area contributed by atoms with Gasteiger partial charge in [0.1, 0.15) is 11.2 Å². The highest BCUT2D eigenvalue weighted by Crippen LogP contribution is 2.57. The molecular weight excluding hydrogens is 651 g/mol. The first-order valence-electron chi connectivity index (χ1n) is 18.1. The summed E-state index contributed by atoms with van der Waals surface area (Å²) >= 11 is 1.88. The third-order valence-corrected chi connectivity index (χ3v) is 12.3. The quantitative estimate of drug-likeness (QED) is 0.169. The maximum absolute atomic E-state index is 6.65. The molecule has 0 radical (unpaired) electrons. The van der Waals surface area contributed by atoms with E-state index in [1.807, 2.05) is 11.8 Å². The van der Waals surface area contributed by atoms with Crippen LogP contribution in [0.25, 0.3) is 44.2 Å². The summed E-state index contributed by atoms with van der Waals surface area (Å²) < 4.78 is 6.65. The number of para-hydroxylation sites is 3. The Bertz CT molecular complexity index is 2800. The molecule has 0 saturated carbocycles. The van der Waals surface area contributed by atoms with Gasteiger partial charge in [-0.3, -0.25) is 0 Å². The van der Waals surface area contributed by atoms with Crippen LogP contribution in [0.3, 0.4) is 0 Å². The summed E-state index contributed by atoms with van der Waals surface area (Å²) in [5.74, 6) is 0. The van der Waals surface area contributed by atoms with E-state index in [0.29, 0.717) is 0 Å². The number of hydrogen-bond acceptors (Lipinski definition) is 4. The van der Waals surface area contributed by atoms with Crippen molar-refractivity contribution < 1.29 is 4.42 Å². The summed E-state index contributed by atoms with van der Waals surface area (Å²) in [7, 11) is 0. The number of fused-ring (bicyclic) bond motifs is 10. The Morgan fingerprint density at radius 3 is 2.25 bits per heavy atom. The van der Waals surface area contributed by atoms with Crippen LogP contribution in [0.2, 0.25) is 0 Å². The van der Waals surface area contributed by atoms with Gasteiger partial charge in [-0.15, -0.1) is 0 Å². The van der Waals surface area contributed by atoms with E-state index in [1.165, 1.54) is 82.5 Å². The Morgan fingerprint density at radius 2 is 1.38 bits per heavy atom. The molecule has 0 fully saturated rings. The maximum Gasteiger partial charge on any atom is 0.333 e. The monoisotopic (exact) mass is 686 g/mol. The lowest BCUT2D eigenvalue weighted by Crippen LogP contribution is -2.62. The topological polar surface area (TPSA) is 19.6 Å². The van der Waals surface area contributed by atoms with Crippen molar-refractivity contribution in [2.24, 2.45) is 0 Å². The van der Waals surface area contributed by atoms with E-state index in [1.54, 1.807) is 0 Å². The molecule has 0 saturated heterocycles. The van der Waals surface area contributed by atoms with Crippen LogP contribution in [0.4, 0.5) is 28.4 Å². The van der Waals surface area contributed by atoms with Crippen molar-refractivity contribution in [3.05, 3.63) is 151 Å². The maximum atomic E-state index is 6.65. The number of rotatable bonds is 2. The second-order valence-corrected chi connectivity index (χ2v) is 16.5. The first-order valence-corrected chi connectivity index (χ1v) is 18.9. The fourth-order valence-corrected chi connectivity index (χ4v) is 10.0. The fraction of sp³-hybridized carbons (Fsp3) is 0.106. The van der Waals surface area contributed by atoms with E-state index >= 15 is 0 Å². The van der Waals surface area contributed by atoms with Crippen LogP contribution in [-0.4, -0.2) is 6.85 Å². The molecule has 1 aromatic heterocycles. The Morgan fingerprint density at radius 1 is 0.596 bits per heavy atom. The van der Waals surface area contributed by atoms with Crippen molar-refractivity contribution >= 4 is 79.9 Å². The Labute approximate surface area is 308 Å². The van der Waals surface area contributed by atoms with Crippen LogP contribution in [0, 0.1) is 6.92 Å². The van der Waals surface area contributed by atoms with E-state index in [0.717, 1.165) is 21.9 Å². The summed E-state index contributed by atoms with van der Waals surface area (Å²) in [6, 6.07) is 51.7. The van der Waals surface area contributed by atoms with Gasteiger partial charge >= 0.3 is 6.85 Å². The lowest BCUT2D eigenvalue weighted by molar-refractivity contribution is 0.590. The summed E-state index contributed by atoms with van der Waals surface area (Å²) in [5, 5.41) is 2.29. The number of furan rings is 1. The smallest absolute Gasteiger partial charge is 0.333 e. The molecule has 3 aliphatic rings. The molecular formula is C47H35BN2OS. The third-order valence-electron chi connectivity index (χ3n) is 11.2. The molecule has 3 aliphatic heterocycles. The van der Waals surface area contributed by atoms with Crippen LogP contribution in [-0.2, 0) is 5.41 Å². The van der Waals surface area contributed by atoms with Gasteiger partial charge in [-0.05, 0) is 94.0 Å². The largest absolute Gasteiger partial charge is 0.456 e.